The summed E-state index contributed by atoms with van der Waals surface area (Å²) >= 11 is 0. The average Bonchev–Trinajstić information content (AvgIpc) is 2.63. The Morgan fingerprint density at radius 1 is 1.04 bits per heavy atom. The van der Waals surface area contributed by atoms with Gasteiger partial charge in [-0.2, -0.15) is 0 Å². The third kappa shape index (κ3) is 4.34. The molecule has 142 valence electrons. The van der Waals surface area contributed by atoms with Crippen molar-refractivity contribution in [2.45, 2.75) is 76.0 Å². The highest BCUT2D eigenvalue weighted by Gasteiger charge is 2.38. The Morgan fingerprint density at radius 2 is 1.77 bits per heavy atom. The van der Waals surface area contributed by atoms with Crippen LogP contribution in [0, 0.1) is 17.8 Å². The second kappa shape index (κ2) is 7.91. The van der Waals surface area contributed by atoms with E-state index < -0.39 is 0 Å². The molecule has 6 heteroatoms. The number of carbonyl (C=O) groups is 1. The van der Waals surface area contributed by atoms with Crippen LogP contribution in [0.1, 0.15) is 57.8 Å². The molecular weight excluding hydrogens is 330 g/mol. The van der Waals surface area contributed by atoms with E-state index in [4.69, 9.17) is 4.74 Å². The van der Waals surface area contributed by atoms with E-state index in [-0.39, 0.29) is 30.1 Å². The molecule has 0 spiro atoms. The van der Waals surface area contributed by atoms with E-state index in [2.05, 4.69) is 15.3 Å². The number of rotatable bonds is 4. The summed E-state index contributed by atoms with van der Waals surface area (Å²) in [5.41, 5.74) is 0. The Hall–Kier alpha value is -1.69. The maximum absolute atomic E-state index is 12.7. The molecule has 1 aromatic rings. The van der Waals surface area contributed by atoms with E-state index in [1.807, 2.05) is 0 Å². The molecular formula is C20H29N3O3. The third-order valence-corrected chi connectivity index (χ3v) is 6.33. The van der Waals surface area contributed by atoms with Crippen LogP contribution in [0.5, 0.6) is 5.88 Å². The average molecular weight is 359 g/mol. The summed E-state index contributed by atoms with van der Waals surface area (Å²) in [7, 11) is 0. The molecule has 3 saturated carbocycles. The van der Waals surface area contributed by atoms with Crippen LogP contribution in [0.25, 0.3) is 0 Å². The number of aliphatic hydroxyl groups excluding tert-OH is 1. The highest BCUT2D eigenvalue weighted by molar-refractivity contribution is 5.79. The maximum Gasteiger partial charge on any atom is 0.232 e. The number of hydrogen-bond donors (Lipinski definition) is 2. The van der Waals surface area contributed by atoms with Crippen LogP contribution in [0.4, 0.5) is 0 Å². The molecule has 0 radical (unpaired) electrons. The topological polar surface area (TPSA) is 84.3 Å². The number of nitrogens with zero attached hydrogens (tertiary/aromatic N) is 2. The molecule has 3 fully saturated rings. The van der Waals surface area contributed by atoms with Crippen LogP contribution < -0.4 is 10.1 Å². The summed E-state index contributed by atoms with van der Waals surface area (Å²) in [5, 5.41) is 13.2. The van der Waals surface area contributed by atoms with Crippen LogP contribution >= 0.6 is 0 Å². The first kappa shape index (κ1) is 17.7. The number of aromatic nitrogens is 2. The molecule has 3 aliphatic rings. The zero-order chi connectivity index (χ0) is 17.9. The summed E-state index contributed by atoms with van der Waals surface area (Å²) in [4.78, 5) is 20.9. The predicted molar refractivity (Wildman–Crippen MR) is 96.4 cm³/mol. The maximum atomic E-state index is 12.7. The summed E-state index contributed by atoms with van der Waals surface area (Å²) in [6.45, 7) is 0. The van der Waals surface area contributed by atoms with E-state index >= 15 is 0 Å². The van der Waals surface area contributed by atoms with Crippen LogP contribution in [0.15, 0.2) is 18.6 Å². The monoisotopic (exact) mass is 359 g/mol. The number of hydrogen-bond acceptors (Lipinski definition) is 5. The molecule has 3 aliphatic carbocycles. The molecule has 6 nitrogen and oxygen atoms in total. The summed E-state index contributed by atoms with van der Waals surface area (Å²) < 4.78 is 5.88. The van der Waals surface area contributed by atoms with Crippen molar-refractivity contribution in [1.82, 2.24) is 15.3 Å². The number of carbonyl (C=O) groups excluding carboxylic acids is 1. The highest BCUT2D eigenvalue weighted by Crippen LogP contribution is 2.42. The van der Waals surface area contributed by atoms with E-state index in [1.165, 1.54) is 6.42 Å². The fraction of sp³-hybridized carbons (Fsp3) is 0.750. The Morgan fingerprint density at radius 3 is 2.42 bits per heavy atom. The molecule has 0 saturated heterocycles. The predicted octanol–water partition coefficient (Wildman–Crippen LogP) is 2.47. The van der Waals surface area contributed by atoms with Gasteiger partial charge in [-0.3, -0.25) is 9.78 Å². The van der Waals surface area contributed by atoms with Crippen molar-refractivity contribution in [1.29, 1.82) is 0 Å². The van der Waals surface area contributed by atoms with E-state index in [0.717, 1.165) is 51.4 Å². The molecule has 26 heavy (non-hydrogen) atoms. The van der Waals surface area contributed by atoms with Crippen molar-refractivity contribution in [3.8, 4) is 5.88 Å². The molecule has 0 aliphatic heterocycles. The normalized spacial score (nSPS) is 37.0. The Bertz CT molecular complexity index is 586. The van der Waals surface area contributed by atoms with Crippen molar-refractivity contribution in [3.05, 3.63) is 18.6 Å². The lowest BCUT2D eigenvalue weighted by Gasteiger charge is -2.41. The molecule has 1 amide bonds. The summed E-state index contributed by atoms with van der Waals surface area (Å²) in [6.07, 6.45) is 13.6. The Labute approximate surface area is 154 Å². The van der Waals surface area contributed by atoms with Gasteiger partial charge >= 0.3 is 0 Å². The molecule has 0 aromatic carbocycles. The lowest BCUT2D eigenvalue weighted by Crippen LogP contribution is -2.45. The van der Waals surface area contributed by atoms with Gasteiger partial charge in [0, 0.05) is 24.4 Å². The zero-order valence-electron chi connectivity index (χ0n) is 15.2. The van der Waals surface area contributed by atoms with Gasteiger partial charge in [0.15, 0.2) is 0 Å². The molecule has 2 bridgehead atoms. The minimum atomic E-state index is -0.146. The fourth-order valence-electron chi connectivity index (χ4n) is 5.19. The number of ether oxygens (including phenoxy) is 1. The van der Waals surface area contributed by atoms with E-state index in [9.17, 15) is 9.90 Å². The first-order valence-electron chi connectivity index (χ1n) is 10.1. The van der Waals surface area contributed by atoms with Gasteiger partial charge in [-0.25, -0.2) is 4.98 Å². The van der Waals surface area contributed by atoms with Gasteiger partial charge in [-0.15, -0.1) is 0 Å². The van der Waals surface area contributed by atoms with Gasteiger partial charge in [0.1, 0.15) is 6.10 Å². The SMILES string of the molecule is O=C(NC1CCC(Oc2cnccn2)CC1)C1C[C@H]2CC(O)C[C@@H](C1)C2. The number of aliphatic hydroxyl groups is 1. The van der Waals surface area contributed by atoms with Crippen molar-refractivity contribution < 1.29 is 14.6 Å². The second-order valence-corrected chi connectivity index (χ2v) is 8.41. The number of amides is 1. The van der Waals surface area contributed by atoms with Crippen LogP contribution in [0.2, 0.25) is 0 Å². The summed E-state index contributed by atoms with van der Waals surface area (Å²) in [6, 6.07) is 0.261. The minimum Gasteiger partial charge on any atom is -0.473 e. The van der Waals surface area contributed by atoms with Gasteiger partial charge in [0.25, 0.3) is 0 Å². The lowest BCUT2D eigenvalue weighted by atomic mass is 9.67. The zero-order valence-corrected chi connectivity index (χ0v) is 15.2. The van der Waals surface area contributed by atoms with Gasteiger partial charge in [-0.05, 0) is 69.6 Å². The van der Waals surface area contributed by atoms with Gasteiger partial charge in [-0.1, -0.05) is 0 Å². The molecule has 1 aromatic heterocycles. The first-order chi connectivity index (χ1) is 12.7. The number of nitrogens with one attached hydrogen (secondary N) is 1. The standard InChI is InChI=1S/C20H29N3O3/c24-17-10-13-7-14(11-17)9-15(8-13)20(25)23-16-1-3-18(4-2-16)26-19-12-21-5-6-22-19/h5-6,12-18,24H,1-4,7-11H2,(H,23,25)/t13-,14+,15?,16?,17?,18?. The molecule has 2 N–H and O–H groups in total. The van der Waals surface area contributed by atoms with Crippen molar-refractivity contribution in [3.63, 3.8) is 0 Å². The highest BCUT2D eigenvalue weighted by atomic mass is 16.5. The van der Waals surface area contributed by atoms with Crippen LogP contribution in [0.3, 0.4) is 0 Å². The van der Waals surface area contributed by atoms with E-state index in [1.54, 1.807) is 18.6 Å². The first-order valence-corrected chi connectivity index (χ1v) is 10.1. The van der Waals surface area contributed by atoms with Crippen molar-refractivity contribution in [2.75, 3.05) is 0 Å². The Balaban J connectivity index is 1.22. The molecule has 4 rings (SSSR count). The molecule has 2 unspecified atom stereocenters. The van der Waals surface area contributed by atoms with Crippen LogP contribution in [-0.2, 0) is 4.79 Å². The van der Waals surface area contributed by atoms with Gasteiger partial charge in [0.2, 0.25) is 11.8 Å². The lowest BCUT2D eigenvalue weighted by molar-refractivity contribution is -0.129. The molecule has 1 heterocycles. The molecule has 4 atom stereocenters. The Kier molecular flexibility index (Phi) is 5.38. The minimum absolute atomic E-state index is 0.139. The van der Waals surface area contributed by atoms with E-state index in [0.29, 0.717) is 17.7 Å². The van der Waals surface area contributed by atoms with Crippen LogP contribution in [-0.4, -0.2) is 39.2 Å². The summed E-state index contributed by atoms with van der Waals surface area (Å²) in [5.74, 6) is 2.01. The smallest absolute Gasteiger partial charge is 0.232 e. The second-order valence-electron chi connectivity index (χ2n) is 8.41. The fourth-order valence-corrected chi connectivity index (χ4v) is 5.19. The third-order valence-electron chi connectivity index (χ3n) is 6.33. The van der Waals surface area contributed by atoms with Crippen molar-refractivity contribution in [2.24, 2.45) is 17.8 Å². The quantitative estimate of drug-likeness (QED) is 0.863. The van der Waals surface area contributed by atoms with Gasteiger partial charge < -0.3 is 15.2 Å². The number of fused-ring (bicyclic) bond motifs is 2. The van der Waals surface area contributed by atoms with Crippen molar-refractivity contribution >= 4 is 5.91 Å². The largest absolute Gasteiger partial charge is 0.473 e. The van der Waals surface area contributed by atoms with Gasteiger partial charge in [0.05, 0.1) is 12.3 Å².